The molecule has 3 rings (SSSR count). The van der Waals surface area contributed by atoms with Crippen LogP contribution in [0, 0.1) is 23.7 Å². The summed E-state index contributed by atoms with van der Waals surface area (Å²) in [6, 6.07) is 0.603. The number of likely N-dealkylation sites (N-methyl/N-ethyl adjacent to an activating group) is 2. The lowest BCUT2D eigenvalue weighted by molar-refractivity contribution is 0.158. The normalized spacial score (nSPS) is 39.3. The molecule has 0 radical (unpaired) electrons. The van der Waals surface area contributed by atoms with Gasteiger partial charge in [0.15, 0.2) is 0 Å². The van der Waals surface area contributed by atoms with E-state index < -0.39 is 0 Å². The minimum atomic E-state index is 0.603. The fraction of sp³-hybridized carbons (Fsp3) is 1.00. The Morgan fingerprint density at radius 3 is 2.74 bits per heavy atom. The maximum absolute atomic E-state index is 5.54. The molecule has 0 aromatic carbocycles. The van der Waals surface area contributed by atoms with Crippen molar-refractivity contribution in [3.8, 4) is 0 Å². The van der Waals surface area contributed by atoms with E-state index >= 15 is 0 Å². The SMILES string of the molecule is CNC(CN(C)CC1CC2CCC1C2)C1CCOC1. The molecule has 0 aromatic rings. The van der Waals surface area contributed by atoms with Crippen LogP contribution in [0.15, 0.2) is 0 Å². The Morgan fingerprint density at radius 2 is 2.16 bits per heavy atom. The summed E-state index contributed by atoms with van der Waals surface area (Å²) in [5, 5.41) is 3.51. The summed E-state index contributed by atoms with van der Waals surface area (Å²) in [6.07, 6.45) is 7.29. The van der Waals surface area contributed by atoms with Gasteiger partial charge in [0, 0.05) is 31.7 Å². The van der Waals surface area contributed by atoms with Crippen LogP contribution in [-0.4, -0.2) is 51.3 Å². The summed E-state index contributed by atoms with van der Waals surface area (Å²) < 4.78 is 5.54. The molecule has 3 nitrogen and oxygen atoms in total. The third kappa shape index (κ3) is 3.14. The zero-order valence-corrected chi connectivity index (χ0v) is 12.6. The fourth-order valence-corrected chi connectivity index (χ4v) is 4.76. The minimum absolute atomic E-state index is 0.603. The topological polar surface area (TPSA) is 24.5 Å². The molecule has 1 N–H and O–H groups in total. The van der Waals surface area contributed by atoms with Gasteiger partial charge in [-0.05, 0) is 57.5 Å². The van der Waals surface area contributed by atoms with Crippen LogP contribution in [0.1, 0.15) is 32.1 Å². The van der Waals surface area contributed by atoms with E-state index in [2.05, 4.69) is 24.3 Å². The molecule has 2 saturated carbocycles. The van der Waals surface area contributed by atoms with Gasteiger partial charge in [0.25, 0.3) is 0 Å². The molecule has 0 aromatic heterocycles. The Morgan fingerprint density at radius 1 is 1.26 bits per heavy atom. The van der Waals surface area contributed by atoms with Gasteiger partial charge >= 0.3 is 0 Å². The smallest absolute Gasteiger partial charge is 0.0510 e. The van der Waals surface area contributed by atoms with Gasteiger partial charge < -0.3 is 15.0 Å². The number of hydrogen-bond donors (Lipinski definition) is 1. The van der Waals surface area contributed by atoms with Crippen LogP contribution < -0.4 is 5.32 Å². The van der Waals surface area contributed by atoms with Crippen LogP contribution in [0.25, 0.3) is 0 Å². The quantitative estimate of drug-likeness (QED) is 0.795. The predicted octanol–water partition coefficient (Wildman–Crippen LogP) is 1.98. The fourth-order valence-electron chi connectivity index (χ4n) is 4.76. The second kappa shape index (κ2) is 6.11. The molecule has 5 atom stereocenters. The molecule has 1 heterocycles. The third-order valence-corrected chi connectivity index (χ3v) is 5.84. The van der Waals surface area contributed by atoms with E-state index in [-0.39, 0.29) is 0 Å². The van der Waals surface area contributed by atoms with Gasteiger partial charge in [-0.3, -0.25) is 0 Å². The largest absolute Gasteiger partial charge is 0.381 e. The first kappa shape index (κ1) is 13.8. The summed E-state index contributed by atoms with van der Waals surface area (Å²) in [5.41, 5.74) is 0. The average molecular weight is 266 g/mol. The van der Waals surface area contributed by atoms with Gasteiger partial charge in [0.1, 0.15) is 0 Å². The second-order valence-corrected chi connectivity index (χ2v) is 7.17. The molecule has 2 aliphatic carbocycles. The average Bonchev–Trinajstić information content (AvgIpc) is 3.12. The molecule has 3 fully saturated rings. The first-order valence-corrected chi connectivity index (χ1v) is 8.19. The second-order valence-electron chi connectivity index (χ2n) is 7.17. The van der Waals surface area contributed by atoms with Crippen LogP contribution in [-0.2, 0) is 4.74 Å². The molecule has 0 spiro atoms. The standard InChI is InChI=1S/C16H30N2O/c1-17-16(14-5-6-19-11-14)10-18(2)9-15-8-12-3-4-13(15)7-12/h12-17H,3-11H2,1-2H3. The summed E-state index contributed by atoms with van der Waals surface area (Å²) in [4.78, 5) is 2.57. The van der Waals surface area contributed by atoms with Gasteiger partial charge in [0.05, 0.1) is 6.61 Å². The van der Waals surface area contributed by atoms with E-state index in [0.717, 1.165) is 31.0 Å². The summed E-state index contributed by atoms with van der Waals surface area (Å²) in [7, 11) is 4.42. The van der Waals surface area contributed by atoms with E-state index in [4.69, 9.17) is 4.74 Å². The summed E-state index contributed by atoms with van der Waals surface area (Å²) in [5.74, 6) is 3.83. The summed E-state index contributed by atoms with van der Waals surface area (Å²) in [6.45, 7) is 4.40. The number of fused-ring (bicyclic) bond motifs is 2. The molecule has 5 unspecified atom stereocenters. The van der Waals surface area contributed by atoms with Crippen LogP contribution >= 0.6 is 0 Å². The zero-order valence-electron chi connectivity index (χ0n) is 12.6. The van der Waals surface area contributed by atoms with Crippen molar-refractivity contribution in [2.45, 2.75) is 38.1 Å². The highest BCUT2D eigenvalue weighted by molar-refractivity contribution is 4.91. The van der Waals surface area contributed by atoms with E-state index in [1.54, 1.807) is 0 Å². The number of rotatable bonds is 6. The van der Waals surface area contributed by atoms with Crippen molar-refractivity contribution < 1.29 is 4.74 Å². The number of nitrogens with zero attached hydrogens (tertiary/aromatic N) is 1. The number of ether oxygens (including phenoxy) is 1. The molecule has 2 bridgehead atoms. The van der Waals surface area contributed by atoms with Crippen molar-refractivity contribution in [3.05, 3.63) is 0 Å². The summed E-state index contributed by atoms with van der Waals surface area (Å²) >= 11 is 0. The molecule has 0 amide bonds. The Kier molecular flexibility index (Phi) is 4.45. The van der Waals surface area contributed by atoms with Crippen LogP contribution in [0.4, 0.5) is 0 Å². The predicted molar refractivity (Wildman–Crippen MR) is 78.2 cm³/mol. The van der Waals surface area contributed by atoms with Crippen LogP contribution in [0.3, 0.4) is 0 Å². The third-order valence-electron chi connectivity index (χ3n) is 5.84. The van der Waals surface area contributed by atoms with Crippen molar-refractivity contribution in [1.82, 2.24) is 10.2 Å². The van der Waals surface area contributed by atoms with Crippen LogP contribution in [0.5, 0.6) is 0 Å². The molecule has 1 aliphatic heterocycles. The maximum Gasteiger partial charge on any atom is 0.0510 e. The van der Waals surface area contributed by atoms with Gasteiger partial charge in [-0.2, -0.15) is 0 Å². The molecule has 3 heteroatoms. The van der Waals surface area contributed by atoms with Gasteiger partial charge in [-0.1, -0.05) is 6.42 Å². The van der Waals surface area contributed by atoms with E-state index in [1.165, 1.54) is 45.2 Å². The highest BCUT2D eigenvalue weighted by Gasteiger charge is 2.39. The Balaban J connectivity index is 1.45. The van der Waals surface area contributed by atoms with Crippen molar-refractivity contribution >= 4 is 0 Å². The highest BCUT2D eigenvalue weighted by atomic mass is 16.5. The molecule has 19 heavy (non-hydrogen) atoms. The number of nitrogens with one attached hydrogen (secondary N) is 1. The molecular weight excluding hydrogens is 236 g/mol. The lowest BCUT2D eigenvalue weighted by Crippen LogP contribution is -2.44. The van der Waals surface area contributed by atoms with Gasteiger partial charge in [-0.15, -0.1) is 0 Å². The lowest BCUT2D eigenvalue weighted by Gasteiger charge is -2.31. The Hall–Kier alpha value is -0.120. The monoisotopic (exact) mass is 266 g/mol. The molecule has 110 valence electrons. The van der Waals surface area contributed by atoms with Crippen molar-refractivity contribution in [1.29, 1.82) is 0 Å². The van der Waals surface area contributed by atoms with Gasteiger partial charge in [0.2, 0.25) is 0 Å². The first-order chi connectivity index (χ1) is 9.26. The molecular formula is C16H30N2O. The first-order valence-electron chi connectivity index (χ1n) is 8.19. The molecule has 3 aliphatic rings. The Labute approximate surface area is 118 Å². The number of hydrogen-bond acceptors (Lipinski definition) is 3. The van der Waals surface area contributed by atoms with E-state index in [1.807, 2.05) is 0 Å². The lowest BCUT2D eigenvalue weighted by atomic mass is 9.88. The minimum Gasteiger partial charge on any atom is -0.381 e. The van der Waals surface area contributed by atoms with E-state index in [9.17, 15) is 0 Å². The van der Waals surface area contributed by atoms with Crippen molar-refractivity contribution in [2.24, 2.45) is 23.7 Å². The highest BCUT2D eigenvalue weighted by Crippen LogP contribution is 2.48. The zero-order chi connectivity index (χ0) is 13.2. The van der Waals surface area contributed by atoms with Crippen molar-refractivity contribution in [3.63, 3.8) is 0 Å². The van der Waals surface area contributed by atoms with Gasteiger partial charge in [-0.25, -0.2) is 0 Å². The maximum atomic E-state index is 5.54. The molecule has 1 saturated heterocycles. The van der Waals surface area contributed by atoms with Crippen molar-refractivity contribution in [2.75, 3.05) is 40.4 Å². The van der Waals surface area contributed by atoms with Crippen LogP contribution in [0.2, 0.25) is 0 Å². The van der Waals surface area contributed by atoms with E-state index in [0.29, 0.717) is 12.0 Å². The Bertz CT molecular complexity index is 290.